The first-order valence-corrected chi connectivity index (χ1v) is 19.3. The second kappa shape index (κ2) is 24.6. The lowest BCUT2D eigenvalue weighted by molar-refractivity contribution is -0.127. The molecule has 0 bridgehead atoms. The third-order valence-electron chi connectivity index (χ3n) is 8.82. The van der Waals surface area contributed by atoms with Gasteiger partial charge >= 0.3 is 24.4 Å². The van der Waals surface area contributed by atoms with Crippen LogP contribution in [0.2, 0.25) is 0 Å². The highest BCUT2D eigenvalue weighted by Gasteiger charge is 2.27. The van der Waals surface area contributed by atoms with Gasteiger partial charge in [-0.25, -0.2) is 24.1 Å². The van der Waals surface area contributed by atoms with Crippen molar-refractivity contribution in [1.82, 2.24) is 25.8 Å². The van der Waals surface area contributed by atoms with Gasteiger partial charge in [-0.05, 0) is 49.3 Å². The molecule has 3 aromatic rings. The molecule has 1 fully saturated rings. The minimum absolute atomic E-state index is 0.0273. The Bertz CT molecular complexity index is 1930. The first-order chi connectivity index (χ1) is 29.0. The van der Waals surface area contributed by atoms with Gasteiger partial charge in [-0.3, -0.25) is 9.59 Å². The SMILES string of the molecule is CCOC(=O)N[C@H](CCCN(C(=O)OCc1ccccc1)/C(N)=N\C(=O)OCc1ccccc1)C(=O)NCC(=O)N[C@H]1CCCN(/C(N)=N/C(=O)OCc2ccccc2)C1. The molecular formula is C41H51N9O10. The van der Waals surface area contributed by atoms with E-state index in [1.807, 2.05) is 36.4 Å². The summed E-state index contributed by atoms with van der Waals surface area (Å²) in [4.78, 5) is 86.9. The first kappa shape index (κ1) is 45.5. The van der Waals surface area contributed by atoms with Gasteiger partial charge in [0.25, 0.3) is 0 Å². The average Bonchev–Trinajstić information content (AvgIpc) is 3.25. The van der Waals surface area contributed by atoms with E-state index in [0.29, 0.717) is 30.5 Å². The summed E-state index contributed by atoms with van der Waals surface area (Å²) in [5.41, 5.74) is 14.4. The lowest BCUT2D eigenvalue weighted by Crippen LogP contribution is -2.54. The van der Waals surface area contributed by atoms with Crippen LogP contribution >= 0.6 is 0 Å². The molecule has 0 unspecified atom stereocenters. The van der Waals surface area contributed by atoms with E-state index in [1.165, 1.54) is 0 Å². The van der Waals surface area contributed by atoms with Gasteiger partial charge in [0.1, 0.15) is 25.9 Å². The molecule has 60 heavy (non-hydrogen) atoms. The molecule has 0 radical (unpaired) electrons. The number of likely N-dealkylation sites (tertiary alicyclic amines) is 1. The number of alkyl carbamates (subject to hydrolysis) is 1. The van der Waals surface area contributed by atoms with Crippen LogP contribution in [0.1, 0.15) is 49.3 Å². The van der Waals surface area contributed by atoms with Crippen LogP contribution in [0.4, 0.5) is 19.2 Å². The summed E-state index contributed by atoms with van der Waals surface area (Å²) >= 11 is 0. The molecule has 0 spiro atoms. The Balaban J connectivity index is 1.32. The van der Waals surface area contributed by atoms with Gasteiger partial charge in [0, 0.05) is 25.7 Å². The van der Waals surface area contributed by atoms with E-state index in [0.717, 1.165) is 10.5 Å². The Kier molecular flexibility index (Phi) is 18.6. The van der Waals surface area contributed by atoms with Crippen molar-refractivity contribution in [3.8, 4) is 0 Å². The number of guanidine groups is 2. The van der Waals surface area contributed by atoms with Gasteiger partial charge in [0.05, 0.1) is 13.2 Å². The van der Waals surface area contributed by atoms with E-state index < -0.39 is 54.7 Å². The highest BCUT2D eigenvalue weighted by molar-refractivity contribution is 5.98. The summed E-state index contributed by atoms with van der Waals surface area (Å²) in [5.74, 6) is -1.79. The second-order valence-corrected chi connectivity index (χ2v) is 13.3. The third-order valence-corrected chi connectivity index (χ3v) is 8.82. The van der Waals surface area contributed by atoms with Crippen LogP contribution in [0.25, 0.3) is 0 Å². The fourth-order valence-corrected chi connectivity index (χ4v) is 5.83. The van der Waals surface area contributed by atoms with Crippen molar-refractivity contribution in [1.29, 1.82) is 0 Å². The number of carbonyl (C=O) groups excluding carboxylic acids is 6. The summed E-state index contributed by atoms with van der Waals surface area (Å²) < 4.78 is 20.8. The Hall–Kier alpha value is -7.18. The van der Waals surface area contributed by atoms with E-state index in [4.69, 9.17) is 30.4 Å². The predicted octanol–water partition coefficient (Wildman–Crippen LogP) is 3.52. The highest BCUT2D eigenvalue weighted by atomic mass is 16.6. The van der Waals surface area contributed by atoms with Gasteiger partial charge in [-0.2, -0.15) is 0 Å². The number of nitrogens with two attached hydrogens (primary N) is 2. The van der Waals surface area contributed by atoms with Crippen molar-refractivity contribution in [2.45, 2.75) is 64.5 Å². The molecule has 2 atom stereocenters. The number of nitrogens with zero attached hydrogens (tertiary/aromatic N) is 4. The molecule has 1 aliphatic heterocycles. The molecule has 0 aliphatic carbocycles. The molecule has 3 aromatic carbocycles. The number of hydrogen-bond donors (Lipinski definition) is 5. The zero-order chi connectivity index (χ0) is 43.1. The molecule has 0 saturated carbocycles. The molecule has 320 valence electrons. The summed E-state index contributed by atoms with van der Waals surface area (Å²) in [5, 5.41) is 7.84. The highest BCUT2D eigenvalue weighted by Crippen LogP contribution is 2.12. The van der Waals surface area contributed by atoms with Crippen molar-refractivity contribution in [3.05, 3.63) is 108 Å². The minimum Gasteiger partial charge on any atom is -0.450 e. The van der Waals surface area contributed by atoms with E-state index >= 15 is 0 Å². The monoisotopic (exact) mass is 829 g/mol. The summed E-state index contributed by atoms with van der Waals surface area (Å²) in [6.07, 6.45) is -2.48. The molecule has 0 aromatic heterocycles. The van der Waals surface area contributed by atoms with Crippen molar-refractivity contribution >= 4 is 48.1 Å². The van der Waals surface area contributed by atoms with E-state index in [-0.39, 0.29) is 64.4 Å². The van der Waals surface area contributed by atoms with Crippen molar-refractivity contribution in [2.75, 3.05) is 32.8 Å². The molecule has 7 N–H and O–H groups in total. The molecule has 1 saturated heterocycles. The molecule has 19 heteroatoms. The quantitative estimate of drug-likeness (QED) is 0.0788. The van der Waals surface area contributed by atoms with E-state index in [1.54, 1.807) is 66.4 Å². The largest absolute Gasteiger partial charge is 0.450 e. The van der Waals surface area contributed by atoms with Crippen LogP contribution in [0.3, 0.4) is 0 Å². The number of benzene rings is 3. The number of amides is 6. The summed E-state index contributed by atoms with van der Waals surface area (Å²) in [6, 6.07) is 25.3. The van der Waals surface area contributed by atoms with Crippen molar-refractivity contribution in [3.63, 3.8) is 0 Å². The maximum absolute atomic E-state index is 13.3. The Morgan fingerprint density at radius 3 is 1.90 bits per heavy atom. The van der Waals surface area contributed by atoms with Crippen molar-refractivity contribution in [2.24, 2.45) is 21.5 Å². The average molecular weight is 830 g/mol. The Morgan fingerprint density at radius 1 is 0.783 bits per heavy atom. The van der Waals surface area contributed by atoms with Crippen molar-refractivity contribution < 1.29 is 47.7 Å². The van der Waals surface area contributed by atoms with Gasteiger partial charge in [-0.1, -0.05) is 91.0 Å². The zero-order valence-corrected chi connectivity index (χ0v) is 33.3. The van der Waals surface area contributed by atoms with E-state index in [2.05, 4.69) is 25.9 Å². The number of rotatable bonds is 16. The standard InChI is InChI=1S/C41H51N9O10/c1-2-57-38(53)46-33(35(52)44-24-34(51)45-32-20-12-22-49(25-32)36(42)47-39(54)58-26-29-14-6-3-7-15-29)21-13-23-50(41(56)60-28-31-18-10-5-11-19-31)37(43)48-40(55)59-27-30-16-8-4-9-17-30/h3-11,14-19,32-33H,2,12-13,20-28H2,1H3,(H,44,52)(H,45,51)(H,46,53)(H2,42,47,54)(H2,43,48,55)/t32-,33+/m0/s1. The van der Waals surface area contributed by atoms with Gasteiger partial charge in [0.15, 0.2) is 0 Å². The lowest BCUT2D eigenvalue weighted by atomic mass is 10.1. The summed E-state index contributed by atoms with van der Waals surface area (Å²) in [7, 11) is 0. The first-order valence-electron chi connectivity index (χ1n) is 19.3. The number of nitrogens with one attached hydrogen (secondary N) is 3. The fourth-order valence-electron chi connectivity index (χ4n) is 5.83. The van der Waals surface area contributed by atoms with Gasteiger partial charge < -0.3 is 51.3 Å². The Labute approximate surface area is 347 Å². The maximum atomic E-state index is 13.3. The number of aliphatic imine (C=N–C) groups is 2. The molecular weight excluding hydrogens is 779 g/mol. The third kappa shape index (κ3) is 16.4. The van der Waals surface area contributed by atoms with Gasteiger partial charge in [-0.15, -0.1) is 9.98 Å². The second-order valence-electron chi connectivity index (χ2n) is 13.3. The van der Waals surface area contributed by atoms with Crippen LogP contribution in [-0.2, 0) is 48.4 Å². The van der Waals surface area contributed by atoms with Crippen LogP contribution in [0, 0.1) is 0 Å². The molecule has 4 rings (SSSR count). The molecule has 1 heterocycles. The fraction of sp³-hybridized carbons (Fsp3) is 0.366. The number of carbonyl (C=O) groups is 6. The predicted molar refractivity (Wildman–Crippen MR) is 219 cm³/mol. The zero-order valence-electron chi connectivity index (χ0n) is 33.3. The maximum Gasteiger partial charge on any atom is 0.437 e. The van der Waals surface area contributed by atoms with Crippen LogP contribution in [0.5, 0.6) is 0 Å². The Morgan fingerprint density at radius 2 is 1.33 bits per heavy atom. The normalized spacial score (nSPS) is 14.5. The molecule has 19 nitrogen and oxygen atoms in total. The number of piperidine rings is 1. The number of ether oxygens (including phenoxy) is 4. The number of hydrogen-bond acceptors (Lipinski definition) is 10. The van der Waals surface area contributed by atoms with Crippen LogP contribution < -0.4 is 27.4 Å². The summed E-state index contributed by atoms with van der Waals surface area (Å²) in [6.45, 7) is 1.60. The van der Waals surface area contributed by atoms with Crippen LogP contribution in [-0.4, -0.2) is 103 Å². The molecule has 6 amide bonds. The lowest BCUT2D eigenvalue weighted by Gasteiger charge is -2.33. The van der Waals surface area contributed by atoms with E-state index in [9.17, 15) is 28.8 Å². The minimum atomic E-state index is -1.21. The van der Waals surface area contributed by atoms with Crippen LogP contribution in [0.15, 0.2) is 101 Å². The molecule has 1 aliphatic rings. The smallest absolute Gasteiger partial charge is 0.437 e. The topological polar surface area (TPSA) is 259 Å². The van der Waals surface area contributed by atoms with Gasteiger partial charge in [0.2, 0.25) is 23.7 Å².